The first-order chi connectivity index (χ1) is 15.9. The van der Waals surface area contributed by atoms with Crippen molar-refractivity contribution in [2.24, 2.45) is 29.6 Å². The summed E-state index contributed by atoms with van der Waals surface area (Å²) >= 11 is 0. The molecule has 0 bridgehead atoms. The molecule has 34 heavy (non-hydrogen) atoms. The molecule has 0 aromatic rings. The molecule has 0 aliphatic carbocycles. The average Bonchev–Trinajstić information content (AvgIpc) is 2.85. The Morgan fingerprint density at radius 1 is 0.676 bits per heavy atom. The quantitative estimate of drug-likeness (QED) is 0.130. The van der Waals surface area contributed by atoms with E-state index in [-0.39, 0.29) is 24.0 Å². The first kappa shape index (κ1) is 34.1. The number of hydrogen-bond acceptors (Lipinski definition) is 3. The Morgan fingerprint density at radius 2 is 1.12 bits per heavy atom. The fourth-order valence-corrected chi connectivity index (χ4v) is 11.6. The highest BCUT2D eigenvalue weighted by Crippen LogP contribution is 2.34. The van der Waals surface area contributed by atoms with Crippen LogP contribution in [0.3, 0.4) is 0 Å². The zero-order chi connectivity index (χ0) is 26.5. The maximum atomic E-state index is 11.1. The molecular formula is C29H62O3Si2. The van der Waals surface area contributed by atoms with E-state index < -0.39 is 16.6 Å². The Balaban J connectivity index is 5.61. The zero-order valence-corrected chi connectivity index (χ0v) is 27.0. The minimum absolute atomic E-state index is 0.195. The molecule has 0 aliphatic rings. The molecule has 0 spiro atoms. The lowest BCUT2D eigenvalue weighted by Gasteiger charge is -2.41. The zero-order valence-electron chi connectivity index (χ0n) is 25.0. The molecule has 0 fully saturated rings. The molecule has 0 aliphatic heterocycles. The summed E-state index contributed by atoms with van der Waals surface area (Å²) in [5.41, 5.74) is 0. The van der Waals surface area contributed by atoms with Crippen LogP contribution in [0.2, 0.25) is 36.3 Å². The third-order valence-corrected chi connectivity index (χ3v) is 18.4. The first-order valence-electron chi connectivity index (χ1n) is 14.6. The summed E-state index contributed by atoms with van der Waals surface area (Å²) in [6, 6.07) is 7.08. The molecular weight excluding hydrogens is 452 g/mol. The average molecular weight is 515 g/mol. The molecule has 0 aromatic heterocycles. The van der Waals surface area contributed by atoms with E-state index >= 15 is 0 Å². The fourth-order valence-electron chi connectivity index (χ4n) is 5.78. The molecule has 0 aromatic carbocycles. The minimum Gasteiger partial charge on any atom is -0.416 e. The van der Waals surface area contributed by atoms with Gasteiger partial charge in [-0.2, -0.15) is 0 Å². The van der Waals surface area contributed by atoms with Gasteiger partial charge in [-0.25, -0.2) is 0 Å². The SMILES string of the molecule is C=C[C@H](C)C[C@@H](C)[C@H](O)[C@H](C)C[C@@H](C)[C@H](O[Si](CC)(CC)CC)[C@H](C)CO[Si](CC)(CC)CC. The smallest absolute Gasteiger partial charge is 0.192 e. The third kappa shape index (κ3) is 10.2. The van der Waals surface area contributed by atoms with Crippen LogP contribution in [-0.4, -0.2) is 40.6 Å². The van der Waals surface area contributed by atoms with Crippen LogP contribution >= 0.6 is 0 Å². The lowest BCUT2D eigenvalue weighted by Crippen LogP contribution is -2.47. The Hall–Kier alpha value is 0.0538. The lowest BCUT2D eigenvalue weighted by molar-refractivity contribution is 0.0118. The molecule has 1 N–H and O–H groups in total. The Morgan fingerprint density at radius 3 is 1.53 bits per heavy atom. The monoisotopic (exact) mass is 514 g/mol. The standard InChI is InChI=1S/C29H62O3Si2/c1-13-23(8)20-24(9)28(30)25(10)21-26(11)29(32-34(17-5,18-6)19-7)27(12)22-31-33(14-2,15-3)16-4/h13,23-30H,1,14-22H2,2-12H3/t23-,24+,25+,26+,27+,28-,29-/m0/s1. The highest BCUT2D eigenvalue weighted by atomic mass is 28.4. The number of hydrogen-bond donors (Lipinski definition) is 1. The molecule has 0 heterocycles. The van der Waals surface area contributed by atoms with Crippen LogP contribution in [0.25, 0.3) is 0 Å². The van der Waals surface area contributed by atoms with Gasteiger partial charge in [0.1, 0.15) is 0 Å². The first-order valence-corrected chi connectivity index (χ1v) is 19.6. The van der Waals surface area contributed by atoms with Crippen LogP contribution in [0, 0.1) is 29.6 Å². The van der Waals surface area contributed by atoms with Crippen molar-refractivity contribution in [1.82, 2.24) is 0 Å². The van der Waals surface area contributed by atoms with E-state index in [0.29, 0.717) is 17.8 Å². The normalized spacial score (nSPS) is 19.2. The summed E-state index contributed by atoms with van der Waals surface area (Å²) < 4.78 is 13.9. The van der Waals surface area contributed by atoms with Gasteiger partial charge in [0.2, 0.25) is 0 Å². The van der Waals surface area contributed by atoms with Gasteiger partial charge in [0.05, 0.1) is 12.2 Å². The van der Waals surface area contributed by atoms with Gasteiger partial charge >= 0.3 is 0 Å². The van der Waals surface area contributed by atoms with E-state index in [1.165, 1.54) is 36.3 Å². The lowest BCUT2D eigenvalue weighted by atomic mass is 9.80. The van der Waals surface area contributed by atoms with Crippen molar-refractivity contribution < 1.29 is 14.0 Å². The van der Waals surface area contributed by atoms with Crippen molar-refractivity contribution in [3.63, 3.8) is 0 Å². The molecule has 5 heteroatoms. The second kappa shape index (κ2) is 16.7. The van der Waals surface area contributed by atoms with Crippen LogP contribution in [0.15, 0.2) is 12.7 Å². The van der Waals surface area contributed by atoms with E-state index in [1.807, 2.05) is 6.08 Å². The number of rotatable bonds is 20. The maximum Gasteiger partial charge on any atom is 0.192 e. The van der Waals surface area contributed by atoms with Gasteiger partial charge in [0, 0.05) is 12.5 Å². The molecule has 0 saturated heterocycles. The van der Waals surface area contributed by atoms with Crippen molar-refractivity contribution in [3.05, 3.63) is 12.7 Å². The largest absolute Gasteiger partial charge is 0.416 e. The van der Waals surface area contributed by atoms with Gasteiger partial charge in [-0.15, -0.1) is 6.58 Å². The predicted octanol–water partition coefficient (Wildman–Crippen LogP) is 8.91. The molecule has 7 atom stereocenters. The number of aliphatic hydroxyl groups is 1. The number of aliphatic hydroxyl groups excluding tert-OH is 1. The van der Waals surface area contributed by atoms with E-state index in [1.54, 1.807) is 0 Å². The predicted molar refractivity (Wildman–Crippen MR) is 156 cm³/mol. The van der Waals surface area contributed by atoms with Crippen molar-refractivity contribution in [3.8, 4) is 0 Å². The molecule has 0 amide bonds. The van der Waals surface area contributed by atoms with E-state index in [4.69, 9.17) is 8.85 Å². The molecule has 0 rings (SSSR count). The van der Waals surface area contributed by atoms with E-state index in [9.17, 15) is 5.11 Å². The van der Waals surface area contributed by atoms with Crippen LogP contribution < -0.4 is 0 Å². The summed E-state index contributed by atoms with van der Waals surface area (Å²) in [5, 5.41) is 11.1. The van der Waals surface area contributed by atoms with Crippen LogP contribution in [0.1, 0.15) is 89.0 Å². The van der Waals surface area contributed by atoms with Crippen molar-refractivity contribution in [2.75, 3.05) is 6.61 Å². The summed E-state index contributed by atoms with van der Waals surface area (Å²) in [5.74, 6) is 1.72. The second-order valence-corrected chi connectivity index (χ2v) is 21.0. The van der Waals surface area contributed by atoms with E-state index in [0.717, 1.165) is 19.4 Å². The molecule has 0 saturated carbocycles. The highest BCUT2D eigenvalue weighted by molar-refractivity contribution is 6.74. The summed E-state index contributed by atoms with van der Waals surface area (Å²) in [6.45, 7) is 29.9. The van der Waals surface area contributed by atoms with Gasteiger partial charge in [-0.05, 0) is 72.8 Å². The second-order valence-electron chi connectivity index (χ2n) is 11.5. The van der Waals surface area contributed by atoms with Crippen molar-refractivity contribution in [2.45, 2.75) is 137 Å². The molecule has 3 nitrogen and oxygen atoms in total. The van der Waals surface area contributed by atoms with Gasteiger partial charge < -0.3 is 14.0 Å². The van der Waals surface area contributed by atoms with Crippen LogP contribution in [-0.2, 0) is 8.85 Å². The van der Waals surface area contributed by atoms with Crippen molar-refractivity contribution >= 4 is 16.6 Å². The Bertz CT molecular complexity index is 517. The Kier molecular flexibility index (Phi) is 16.8. The third-order valence-electron chi connectivity index (χ3n) is 9.08. The van der Waals surface area contributed by atoms with Crippen molar-refractivity contribution in [1.29, 1.82) is 0 Å². The van der Waals surface area contributed by atoms with Gasteiger partial charge in [0.15, 0.2) is 16.6 Å². The summed E-state index contributed by atoms with van der Waals surface area (Å²) in [7, 11) is -3.37. The van der Waals surface area contributed by atoms with Crippen LogP contribution in [0.5, 0.6) is 0 Å². The van der Waals surface area contributed by atoms with Crippen LogP contribution in [0.4, 0.5) is 0 Å². The van der Waals surface area contributed by atoms with Gasteiger partial charge in [0.25, 0.3) is 0 Å². The number of allylic oxidation sites excluding steroid dienone is 1. The Labute approximate surface area is 216 Å². The van der Waals surface area contributed by atoms with Gasteiger partial charge in [-0.3, -0.25) is 0 Å². The maximum absolute atomic E-state index is 11.1. The molecule has 204 valence electrons. The minimum atomic E-state index is -1.75. The molecule has 0 unspecified atom stereocenters. The fraction of sp³-hybridized carbons (Fsp3) is 0.931. The topological polar surface area (TPSA) is 38.7 Å². The summed E-state index contributed by atoms with van der Waals surface area (Å²) in [4.78, 5) is 0. The summed E-state index contributed by atoms with van der Waals surface area (Å²) in [6.07, 6.45) is 3.88. The highest BCUT2D eigenvalue weighted by Gasteiger charge is 2.38. The molecule has 0 radical (unpaired) electrons. The van der Waals surface area contributed by atoms with E-state index in [2.05, 4.69) is 82.7 Å². The van der Waals surface area contributed by atoms with Gasteiger partial charge in [-0.1, -0.05) is 82.2 Å².